The van der Waals surface area contributed by atoms with Gasteiger partial charge in [0.05, 0.1) is 10.9 Å². The fourth-order valence-corrected chi connectivity index (χ4v) is 3.56. The number of likely N-dealkylation sites (N-methyl/N-ethyl adjacent to an activating group) is 1. The number of aromatic amines is 1. The average Bonchev–Trinajstić information content (AvgIpc) is 2.69. The van der Waals surface area contributed by atoms with Crippen LogP contribution in [-0.4, -0.2) is 52.5 Å². The molecular weight excluding hydrogens is 324 g/mol. The molecule has 0 amide bonds. The van der Waals surface area contributed by atoms with Crippen LogP contribution in [-0.2, 0) is 6.54 Å². The maximum atomic E-state index is 12.3. The lowest BCUT2D eigenvalue weighted by atomic mass is 10.1. The largest absolute Gasteiger partial charge is 0.306 e. The van der Waals surface area contributed by atoms with Crippen LogP contribution >= 0.6 is 0 Å². The minimum absolute atomic E-state index is 0.0910. The van der Waals surface area contributed by atoms with Gasteiger partial charge in [-0.3, -0.25) is 9.69 Å². The van der Waals surface area contributed by atoms with Crippen molar-refractivity contribution in [3.63, 3.8) is 0 Å². The Morgan fingerprint density at radius 2 is 1.77 bits per heavy atom. The zero-order valence-corrected chi connectivity index (χ0v) is 15.1. The van der Waals surface area contributed by atoms with Gasteiger partial charge in [-0.25, -0.2) is 4.98 Å². The Hall–Kier alpha value is -2.50. The maximum Gasteiger partial charge on any atom is 0.259 e. The van der Waals surface area contributed by atoms with Crippen molar-refractivity contribution in [3.05, 3.63) is 64.4 Å². The Kier molecular flexibility index (Phi) is 4.82. The Balaban J connectivity index is 1.57. The van der Waals surface area contributed by atoms with Crippen LogP contribution < -0.4 is 5.56 Å². The molecule has 2 heterocycles. The molecule has 0 aliphatic carbocycles. The number of aromatic nitrogens is 2. The Morgan fingerprint density at radius 1 is 1.00 bits per heavy atom. The van der Waals surface area contributed by atoms with E-state index in [9.17, 15) is 4.79 Å². The summed E-state index contributed by atoms with van der Waals surface area (Å²) in [7, 11) is 0. The highest BCUT2D eigenvalue weighted by Gasteiger charge is 2.15. The Morgan fingerprint density at radius 3 is 2.58 bits per heavy atom. The van der Waals surface area contributed by atoms with E-state index in [4.69, 9.17) is 0 Å². The molecule has 0 radical (unpaired) electrons. The molecule has 1 fully saturated rings. The summed E-state index contributed by atoms with van der Waals surface area (Å²) in [6.45, 7) is 8.75. The van der Waals surface area contributed by atoms with Crippen molar-refractivity contribution in [1.29, 1.82) is 0 Å². The quantitative estimate of drug-likeness (QED) is 0.788. The number of rotatable bonds is 4. The molecule has 0 bridgehead atoms. The summed E-state index contributed by atoms with van der Waals surface area (Å²) in [5.74, 6) is 0.631. The zero-order valence-electron chi connectivity index (χ0n) is 15.1. The van der Waals surface area contributed by atoms with Crippen LogP contribution in [0.15, 0.2) is 53.3 Å². The molecule has 1 saturated heterocycles. The lowest BCUT2D eigenvalue weighted by molar-refractivity contribution is 0.132. The number of hydrogen-bond donors (Lipinski definition) is 1. The number of piperazine rings is 1. The minimum atomic E-state index is -0.0910. The summed E-state index contributed by atoms with van der Waals surface area (Å²) >= 11 is 0. The summed E-state index contributed by atoms with van der Waals surface area (Å²) < 4.78 is 0. The number of hydrogen-bond acceptors (Lipinski definition) is 4. The third-order valence-corrected chi connectivity index (χ3v) is 5.13. The molecule has 0 atom stereocenters. The van der Waals surface area contributed by atoms with E-state index in [-0.39, 0.29) is 5.56 Å². The average molecular weight is 348 g/mol. The Bertz CT molecular complexity index is 957. The lowest BCUT2D eigenvalue weighted by Gasteiger charge is -2.34. The first-order valence-electron chi connectivity index (χ1n) is 9.26. The predicted molar refractivity (Wildman–Crippen MR) is 105 cm³/mol. The molecule has 5 heteroatoms. The van der Waals surface area contributed by atoms with Gasteiger partial charge in [0.25, 0.3) is 5.56 Å². The molecule has 0 spiro atoms. The van der Waals surface area contributed by atoms with Gasteiger partial charge >= 0.3 is 0 Å². The van der Waals surface area contributed by atoms with Crippen molar-refractivity contribution in [3.8, 4) is 11.4 Å². The summed E-state index contributed by atoms with van der Waals surface area (Å²) in [5.41, 5.74) is 2.85. The van der Waals surface area contributed by atoms with Gasteiger partial charge in [0.15, 0.2) is 0 Å². The third kappa shape index (κ3) is 3.54. The summed E-state index contributed by atoms with van der Waals surface area (Å²) in [4.78, 5) is 24.9. The number of benzene rings is 2. The number of H-pyrrole nitrogens is 1. The van der Waals surface area contributed by atoms with Gasteiger partial charge in [0, 0.05) is 38.3 Å². The fourth-order valence-electron chi connectivity index (χ4n) is 3.56. The topological polar surface area (TPSA) is 52.2 Å². The number of fused-ring (bicyclic) bond motifs is 1. The number of nitrogens with one attached hydrogen (secondary N) is 1. The summed E-state index contributed by atoms with van der Waals surface area (Å²) in [5, 5.41) is 0.626. The molecule has 0 saturated carbocycles. The molecule has 1 aliphatic heterocycles. The predicted octanol–water partition coefficient (Wildman–Crippen LogP) is 2.73. The van der Waals surface area contributed by atoms with Crippen LogP contribution in [0.1, 0.15) is 12.5 Å². The fraction of sp³-hybridized carbons (Fsp3) is 0.333. The first kappa shape index (κ1) is 16.9. The minimum Gasteiger partial charge on any atom is -0.306 e. The first-order chi connectivity index (χ1) is 12.7. The number of nitrogens with zero attached hydrogens (tertiary/aromatic N) is 3. The SMILES string of the molecule is CCN1CCN(Cc2cccc(-c3nc4ccccc4c(=O)[nH]3)c2)CC1. The van der Waals surface area contributed by atoms with Gasteiger partial charge in [-0.1, -0.05) is 37.3 Å². The second-order valence-electron chi connectivity index (χ2n) is 6.84. The molecule has 2 aromatic carbocycles. The highest BCUT2D eigenvalue weighted by Crippen LogP contribution is 2.19. The van der Waals surface area contributed by atoms with Crippen LogP contribution in [0.2, 0.25) is 0 Å². The van der Waals surface area contributed by atoms with Crippen molar-refractivity contribution in [1.82, 2.24) is 19.8 Å². The first-order valence-corrected chi connectivity index (χ1v) is 9.26. The molecule has 134 valence electrons. The molecule has 1 aromatic heterocycles. The molecule has 5 nitrogen and oxygen atoms in total. The van der Waals surface area contributed by atoms with Gasteiger partial charge in [0.1, 0.15) is 5.82 Å². The standard InChI is InChI=1S/C21H24N4O/c1-2-24-10-12-25(13-11-24)15-16-6-5-7-17(14-16)20-22-19-9-4-3-8-18(19)21(26)23-20/h3-9,14H,2,10-13,15H2,1H3,(H,22,23,26). The highest BCUT2D eigenvalue weighted by atomic mass is 16.1. The molecular formula is C21H24N4O. The van der Waals surface area contributed by atoms with Gasteiger partial charge in [-0.2, -0.15) is 0 Å². The molecule has 0 unspecified atom stereocenters. The Labute approximate surface area is 153 Å². The van der Waals surface area contributed by atoms with Gasteiger partial charge < -0.3 is 9.88 Å². The summed E-state index contributed by atoms with van der Waals surface area (Å²) in [6, 6.07) is 15.8. The maximum absolute atomic E-state index is 12.3. The van der Waals surface area contributed by atoms with Crippen molar-refractivity contribution < 1.29 is 0 Å². The van der Waals surface area contributed by atoms with Crippen LogP contribution in [0.3, 0.4) is 0 Å². The number of para-hydroxylation sites is 1. The highest BCUT2D eigenvalue weighted by molar-refractivity contribution is 5.79. The van der Waals surface area contributed by atoms with E-state index in [2.05, 4.69) is 38.8 Å². The molecule has 1 N–H and O–H groups in total. The van der Waals surface area contributed by atoms with Gasteiger partial charge in [0.2, 0.25) is 0 Å². The van der Waals surface area contributed by atoms with Crippen molar-refractivity contribution >= 4 is 10.9 Å². The van der Waals surface area contributed by atoms with E-state index in [1.165, 1.54) is 5.56 Å². The second kappa shape index (κ2) is 7.40. The van der Waals surface area contributed by atoms with E-state index < -0.39 is 0 Å². The van der Waals surface area contributed by atoms with E-state index in [0.717, 1.165) is 50.3 Å². The monoisotopic (exact) mass is 348 g/mol. The molecule has 1 aliphatic rings. The normalized spacial score (nSPS) is 16.2. The lowest BCUT2D eigenvalue weighted by Crippen LogP contribution is -2.45. The summed E-state index contributed by atoms with van der Waals surface area (Å²) in [6.07, 6.45) is 0. The smallest absolute Gasteiger partial charge is 0.259 e. The van der Waals surface area contributed by atoms with E-state index in [1.807, 2.05) is 30.3 Å². The van der Waals surface area contributed by atoms with E-state index in [1.54, 1.807) is 6.07 Å². The molecule has 26 heavy (non-hydrogen) atoms. The second-order valence-corrected chi connectivity index (χ2v) is 6.84. The third-order valence-electron chi connectivity index (χ3n) is 5.13. The van der Waals surface area contributed by atoms with E-state index >= 15 is 0 Å². The van der Waals surface area contributed by atoms with E-state index in [0.29, 0.717) is 11.2 Å². The van der Waals surface area contributed by atoms with Gasteiger partial charge in [-0.05, 0) is 30.3 Å². The van der Waals surface area contributed by atoms with Crippen molar-refractivity contribution in [2.45, 2.75) is 13.5 Å². The van der Waals surface area contributed by atoms with Crippen LogP contribution in [0, 0.1) is 0 Å². The zero-order chi connectivity index (χ0) is 17.9. The van der Waals surface area contributed by atoms with Crippen LogP contribution in [0.4, 0.5) is 0 Å². The van der Waals surface area contributed by atoms with Crippen molar-refractivity contribution in [2.24, 2.45) is 0 Å². The van der Waals surface area contributed by atoms with Gasteiger partial charge in [-0.15, -0.1) is 0 Å². The molecule has 3 aromatic rings. The van der Waals surface area contributed by atoms with Crippen LogP contribution in [0.5, 0.6) is 0 Å². The van der Waals surface area contributed by atoms with Crippen LogP contribution in [0.25, 0.3) is 22.3 Å². The molecule has 4 rings (SSSR count). The van der Waals surface area contributed by atoms with Crippen molar-refractivity contribution in [2.75, 3.05) is 32.7 Å².